The second-order valence-electron chi connectivity index (χ2n) is 7.29. The van der Waals surface area contributed by atoms with Crippen molar-refractivity contribution in [3.8, 4) is 17.2 Å². The van der Waals surface area contributed by atoms with Gasteiger partial charge in [-0.25, -0.2) is 13.1 Å². The third kappa shape index (κ3) is 5.87. The molecule has 1 aliphatic heterocycles. The molecule has 0 atom stereocenters. The van der Waals surface area contributed by atoms with E-state index >= 15 is 0 Å². The molecule has 2 aromatic carbocycles. The van der Waals surface area contributed by atoms with Gasteiger partial charge in [-0.15, -0.1) is 0 Å². The van der Waals surface area contributed by atoms with Crippen molar-refractivity contribution in [2.45, 2.75) is 18.9 Å². The molecule has 0 aromatic heterocycles. The summed E-state index contributed by atoms with van der Waals surface area (Å²) in [6.07, 6.45) is 2.13. The van der Waals surface area contributed by atoms with Gasteiger partial charge >= 0.3 is 5.69 Å². The Morgan fingerprint density at radius 3 is 2.41 bits per heavy atom. The predicted molar refractivity (Wildman–Crippen MR) is 118 cm³/mol. The highest BCUT2D eigenvalue weighted by molar-refractivity contribution is 7.88. The summed E-state index contributed by atoms with van der Waals surface area (Å²) in [5, 5.41) is 11.5. The molecule has 3 rings (SSSR count). The van der Waals surface area contributed by atoms with Crippen LogP contribution >= 0.6 is 11.6 Å². The van der Waals surface area contributed by atoms with Crippen LogP contribution in [0.1, 0.15) is 23.2 Å². The van der Waals surface area contributed by atoms with Gasteiger partial charge in [0.2, 0.25) is 15.8 Å². The van der Waals surface area contributed by atoms with Crippen molar-refractivity contribution in [2.24, 2.45) is 0 Å². The van der Waals surface area contributed by atoms with Crippen molar-refractivity contribution in [3.05, 3.63) is 57.1 Å². The molecule has 0 aliphatic carbocycles. The van der Waals surface area contributed by atoms with E-state index in [1.54, 1.807) is 11.0 Å². The van der Waals surface area contributed by atoms with Crippen molar-refractivity contribution < 1.29 is 27.6 Å². The quantitative estimate of drug-likeness (QED) is 0.473. The zero-order valence-corrected chi connectivity index (χ0v) is 19.0. The van der Waals surface area contributed by atoms with E-state index in [1.165, 1.54) is 37.4 Å². The number of hydrogen-bond donors (Lipinski definition) is 1. The molecular weight excluding hydrogens is 462 g/mol. The molecule has 2 aromatic rings. The van der Waals surface area contributed by atoms with Crippen LogP contribution in [0.4, 0.5) is 5.69 Å². The Morgan fingerprint density at radius 1 is 1.16 bits per heavy atom. The van der Waals surface area contributed by atoms with Gasteiger partial charge in [0, 0.05) is 35.8 Å². The number of nitrogens with one attached hydrogen (secondary N) is 1. The van der Waals surface area contributed by atoms with Crippen LogP contribution in [0, 0.1) is 10.1 Å². The lowest BCUT2D eigenvalue weighted by molar-refractivity contribution is -0.385. The Bertz CT molecular complexity index is 1130. The van der Waals surface area contributed by atoms with Crippen molar-refractivity contribution in [1.82, 2.24) is 9.62 Å². The summed E-state index contributed by atoms with van der Waals surface area (Å²) in [7, 11) is -1.90. The monoisotopic (exact) mass is 483 g/mol. The maximum absolute atomic E-state index is 12.9. The highest BCUT2D eigenvalue weighted by Crippen LogP contribution is 2.38. The number of ether oxygens (including phenoxy) is 2. The third-order valence-corrected chi connectivity index (χ3v) is 5.91. The number of nitro groups is 1. The first-order valence-electron chi connectivity index (χ1n) is 9.64. The number of carbonyl (C=O) groups excluding carboxylic acids is 1. The number of halogens is 1. The molecule has 12 heteroatoms. The first-order valence-corrected chi connectivity index (χ1v) is 11.9. The van der Waals surface area contributed by atoms with Crippen LogP contribution in [0.15, 0.2) is 36.4 Å². The summed E-state index contributed by atoms with van der Waals surface area (Å²) in [4.78, 5) is 25.2. The highest BCUT2D eigenvalue weighted by Gasteiger charge is 2.26. The fraction of sp³-hybridized carbons (Fsp3) is 0.350. The van der Waals surface area contributed by atoms with E-state index in [9.17, 15) is 23.3 Å². The Balaban J connectivity index is 1.75. The second kappa shape index (κ2) is 9.72. The number of rotatable bonds is 7. The molecular formula is C20H22ClN3O7S. The van der Waals surface area contributed by atoms with Crippen molar-refractivity contribution >= 4 is 33.2 Å². The lowest BCUT2D eigenvalue weighted by atomic mass is 10.0. The summed E-state index contributed by atoms with van der Waals surface area (Å²) in [5.74, 6) is 0.182. The van der Waals surface area contributed by atoms with Gasteiger partial charge in [0.25, 0.3) is 5.91 Å². The molecule has 172 valence electrons. The van der Waals surface area contributed by atoms with E-state index in [4.69, 9.17) is 21.1 Å². The number of likely N-dealkylation sites (tertiary alicyclic amines) is 1. The lowest BCUT2D eigenvalue weighted by Crippen LogP contribution is -2.46. The molecule has 0 saturated carbocycles. The average Bonchev–Trinajstić information content (AvgIpc) is 2.74. The molecule has 0 radical (unpaired) electrons. The zero-order valence-electron chi connectivity index (χ0n) is 17.4. The number of benzene rings is 2. The van der Waals surface area contributed by atoms with E-state index in [0.29, 0.717) is 31.5 Å². The van der Waals surface area contributed by atoms with Crippen LogP contribution in [0.25, 0.3) is 0 Å². The number of nitrogens with zero attached hydrogens (tertiary/aromatic N) is 2. The standard InChI is InChI=1S/C20H22ClN3O7S/c1-30-19-11-13(20(25)23-9-7-15(8-10-23)22-32(2,28)29)3-5-18(19)31-17-6-4-14(21)12-16(17)24(26)27/h3-6,11-12,15,22H,7-10H2,1-2H3. The number of piperidine rings is 1. The Kier molecular flexibility index (Phi) is 7.22. The van der Waals surface area contributed by atoms with Crippen LogP contribution in [0.2, 0.25) is 5.02 Å². The van der Waals surface area contributed by atoms with Crippen LogP contribution in [0.5, 0.6) is 17.2 Å². The summed E-state index contributed by atoms with van der Waals surface area (Å²) < 4.78 is 36.3. The van der Waals surface area contributed by atoms with E-state index in [0.717, 1.165) is 6.26 Å². The number of carbonyl (C=O) groups is 1. The minimum atomic E-state index is -3.30. The summed E-state index contributed by atoms with van der Waals surface area (Å²) in [6, 6.07) is 8.38. The smallest absolute Gasteiger partial charge is 0.313 e. The largest absolute Gasteiger partial charge is 0.493 e. The number of sulfonamides is 1. The molecule has 1 amide bonds. The summed E-state index contributed by atoms with van der Waals surface area (Å²) in [5.41, 5.74) is 0.0552. The van der Waals surface area contributed by atoms with Gasteiger partial charge in [-0.3, -0.25) is 14.9 Å². The van der Waals surface area contributed by atoms with Gasteiger partial charge in [-0.2, -0.15) is 0 Å². The van der Waals surface area contributed by atoms with Gasteiger partial charge in [0.15, 0.2) is 11.5 Å². The summed E-state index contributed by atoms with van der Waals surface area (Å²) in [6.45, 7) is 0.813. The van der Waals surface area contributed by atoms with Gasteiger partial charge < -0.3 is 14.4 Å². The van der Waals surface area contributed by atoms with E-state index < -0.39 is 14.9 Å². The predicted octanol–water partition coefficient (Wildman–Crippen LogP) is 3.20. The molecule has 10 nitrogen and oxygen atoms in total. The number of amides is 1. The highest BCUT2D eigenvalue weighted by atomic mass is 35.5. The maximum Gasteiger partial charge on any atom is 0.313 e. The SMILES string of the molecule is COc1cc(C(=O)N2CCC(NS(C)(=O)=O)CC2)ccc1Oc1ccc(Cl)cc1[N+](=O)[O-]. The number of hydrogen-bond acceptors (Lipinski definition) is 7. The molecule has 1 fully saturated rings. The summed E-state index contributed by atoms with van der Waals surface area (Å²) >= 11 is 5.83. The Hall–Kier alpha value is -2.89. The molecule has 0 spiro atoms. The number of nitro benzene ring substituents is 1. The van der Waals surface area contributed by atoms with Crippen LogP contribution in [-0.2, 0) is 10.0 Å². The molecule has 32 heavy (non-hydrogen) atoms. The first-order chi connectivity index (χ1) is 15.1. The van der Waals surface area contributed by atoms with Gasteiger partial charge in [-0.1, -0.05) is 11.6 Å². The average molecular weight is 484 g/mol. The molecule has 0 unspecified atom stereocenters. The van der Waals surface area contributed by atoms with Crippen LogP contribution in [-0.4, -0.2) is 56.6 Å². The van der Waals surface area contributed by atoms with E-state index in [2.05, 4.69) is 4.72 Å². The normalized spacial score (nSPS) is 14.8. The number of methoxy groups -OCH3 is 1. The Labute approximate surface area is 190 Å². The zero-order chi connectivity index (χ0) is 23.5. The fourth-order valence-corrected chi connectivity index (χ4v) is 4.42. The fourth-order valence-electron chi connectivity index (χ4n) is 3.41. The molecule has 1 heterocycles. The van der Waals surface area contributed by atoms with E-state index in [1.807, 2.05) is 0 Å². The maximum atomic E-state index is 12.9. The van der Waals surface area contributed by atoms with Gasteiger partial charge in [-0.05, 0) is 43.2 Å². The van der Waals surface area contributed by atoms with Crippen LogP contribution in [0.3, 0.4) is 0 Å². The van der Waals surface area contributed by atoms with Gasteiger partial charge in [0.05, 0.1) is 18.3 Å². The van der Waals surface area contributed by atoms with Crippen molar-refractivity contribution in [3.63, 3.8) is 0 Å². The van der Waals surface area contributed by atoms with Gasteiger partial charge in [0.1, 0.15) is 0 Å². The Morgan fingerprint density at radius 2 is 1.81 bits per heavy atom. The molecule has 0 bridgehead atoms. The molecule has 1 saturated heterocycles. The minimum Gasteiger partial charge on any atom is -0.493 e. The second-order valence-corrected chi connectivity index (χ2v) is 9.51. The topological polar surface area (TPSA) is 128 Å². The minimum absolute atomic E-state index is 0.0165. The van der Waals surface area contributed by atoms with Crippen molar-refractivity contribution in [2.75, 3.05) is 26.5 Å². The van der Waals surface area contributed by atoms with Crippen LogP contribution < -0.4 is 14.2 Å². The first kappa shape index (κ1) is 23.8. The van der Waals surface area contributed by atoms with E-state index in [-0.39, 0.29) is 39.9 Å². The third-order valence-electron chi connectivity index (χ3n) is 4.91. The lowest BCUT2D eigenvalue weighted by Gasteiger charge is -2.32. The molecule has 1 N–H and O–H groups in total. The molecule has 1 aliphatic rings. The van der Waals surface area contributed by atoms with Crippen molar-refractivity contribution in [1.29, 1.82) is 0 Å².